The van der Waals surface area contributed by atoms with Gasteiger partial charge in [0.2, 0.25) is 11.9 Å². The molecule has 0 bridgehead atoms. The van der Waals surface area contributed by atoms with Crippen LogP contribution in [0.15, 0.2) is 36.0 Å². The first-order valence-corrected chi connectivity index (χ1v) is 10.7. The number of carbonyl (C=O) groups is 1. The number of piperazine rings is 1. The highest BCUT2D eigenvalue weighted by molar-refractivity contribution is 7.09. The zero-order valence-corrected chi connectivity index (χ0v) is 16.5. The van der Waals surface area contributed by atoms with Crippen LogP contribution in [0.1, 0.15) is 17.7 Å². The Morgan fingerprint density at radius 2 is 1.93 bits per heavy atom. The number of aromatic nitrogens is 2. The van der Waals surface area contributed by atoms with Gasteiger partial charge in [-0.05, 0) is 36.8 Å². The van der Waals surface area contributed by atoms with Gasteiger partial charge in [0.1, 0.15) is 0 Å². The molecule has 4 rings (SSSR count). The molecule has 1 atom stereocenters. The number of rotatable bonds is 5. The normalized spacial score (nSPS) is 21.4. The predicted octanol–water partition coefficient (Wildman–Crippen LogP) is 2.14. The number of amides is 1. The van der Waals surface area contributed by atoms with Gasteiger partial charge in [-0.3, -0.25) is 9.69 Å². The van der Waals surface area contributed by atoms with Gasteiger partial charge in [-0.25, -0.2) is 9.97 Å². The minimum Gasteiger partial charge on any atom is -0.340 e. The fourth-order valence-electron chi connectivity index (χ4n) is 3.99. The van der Waals surface area contributed by atoms with Crippen molar-refractivity contribution in [2.24, 2.45) is 5.92 Å². The van der Waals surface area contributed by atoms with Crippen LogP contribution in [-0.4, -0.2) is 71.5 Å². The standard InChI is InChI=1S/C20H27N5OS/c26-19(17-4-1-9-25(16-17)20-21-7-3-8-22-20)24-13-11-23(12-14-24)10-6-18-5-2-15-27-18/h2-3,5,7-8,15,17H,1,4,6,9-14,16H2. The van der Waals surface area contributed by atoms with E-state index in [4.69, 9.17) is 0 Å². The SMILES string of the molecule is O=C(C1CCCN(c2ncccn2)C1)N1CCN(CCc2cccs2)CC1. The van der Waals surface area contributed by atoms with Crippen molar-refractivity contribution < 1.29 is 4.79 Å². The first kappa shape index (κ1) is 18.4. The summed E-state index contributed by atoms with van der Waals surface area (Å²) in [4.78, 5) is 29.9. The topological polar surface area (TPSA) is 52.6 Å². The molecule has 4 heterocycles. The molecule has 0 spiro atoms. The lowest BCUT2D eigenvalue weighted by atomic mass is 9.96. The predicted molar refractivity (Wildman–Crippen MR) is 108 cm³/mol. The maximum atomic E-state index is 13.0. The van der Waals surface area contributed by atoms with Gasteiger partial charge in [0.15, 0.2) is 0 Å². The molecule has 2 aliphatic rings. The molecule has 7 heteroatoms. The van der Waals surface area contributed by atoms with Crippen LogP contribution in [0.25, 0.3) is 0 Å². The Labute approximate surface area is 164 Å². The Kier molecular flexibility index (Phi) is 5.99. The quantitative estimate of drug-likeness (QED) is 0.789. The van der Waals surface area contributed by atoms with Crippen molar-refractivity contribution >= 4 is 23.2 Å². The van der Waals surface area contributed by atoms with Gasteiger partial charge in [0, 0.05) is 63.1 Å². The maximum Gasteiger partial charge on any atom is 0.227 e. The second-order valence-electron chi connectivity index (χ2n) is 7.33. The first-order valence-electron chi connectivity index (χ1n) is 9.85. The summed E-state index contributed by atoms with van der Waals surface area (Å²) in [5.41, 5.74) is 0. The van der Waals surface area contributed by atoms with Gasteiger partial charge < -0.3 is 9.80 Å². The van der Waals surface area contributed by atoms with E-state index < -0.39 is 0 Å². The van der Waals surface area contributed by atoms with E-state index in [1.54, 1.807) is 12.4 Å². The molecule has 6 nitrogen and oxygen atoms in total. The van der Waals surface area contributed by atoms with Gasteiger partial charge in [0.05, 0.1) is 5.92 Å². The third-order valence-corrected chi connectivity index (χ3v) is 6.48. The Morgan fingerprint density at radius 1 is 1.11 bits per heavy atom. The van der Waals surface area contributed by atoms with E-state index in [9.17, 15) is 4.79 Å². The first-order chi connectivity index (χ1) is 13.3. The summed E-state index contributed by atoms with van der Waals surface area (Å²) < 4.78 is 0. The van der Waals surface area contributed by atoms with Crippen molar-refractivity contribution in [1.29, 1.82) is 0 Å². The van der Waals surface area contributed by atoms with Gasteiger partial charge in [0.25, 0.3) is 0 Å². The summed E-state index contributed by atoms with van der Waals surface area (Å²) in [5.74, 6) is 1.13. The zero-order valence-electron chi connectivity index (χ0n) is 15.7. The molecule has 0 aromatic carbocycles. The van der Waals surface area contributed by atoms with Crippen molar-refractivity contribution in [2.75, 3.05) is 50.7 Å². The number of anilines is 1. The summed E-state index contributed by atoms with van der Waals surface area (Å²) in [6, 6.07) is 6.15. The Balaban J connectivity index is 1.26. The van der Waals surface area contributed by atoms with Gasteiger partial charge in [-0.1, -0.05) is 6.07 Å². The number of thiophene rings is 1. The zero-order chi connectivity index (χ0) is 18.5. The van der Waals surface area contributed by atoms with Crippen LogP contribution in [0.3, 0.4) is 0 Å². The fourth-order valence-corrected chi connectivity index (χ4v) is 4.69. The van der Waals surface area contributed by atoms with E-state index in [-0.39, 0.29) is 5.92 Å². The van der Waals surface area contributed by atoms with E-state index in [1.807, 2.05) is 17.4 Å². The fraction of sp³-hybridized carbons (Fsp3) is 0.550. The summed E-state index contributed by atoms with van der Waals surface area (Å²) in [5, 5.41) is 2.14. The van der Waals surface area contributed by atoms with E-state index in [0.29, 0.717) is 5.91 Å². The third-order valence-electron chi connectivity index (χ3n) is 5.54. The molecule has 2 aromatic heterocycles. The smallest absolute Gasteiger partial charge is 0.227 e. The van der Waals surface area contributed by atoms with Crippen LogP contribution in [0, 0.1) is 5.92 Å². The average Bonchev–Trinajstić information content (AvgIpc) is 3.27. The maximum absolute atomic E-state index is 13.0. The molecule has 2 saturated heterocycles. The second-order valence-corrected chi connectivity index (χ2v) is 8.36. The number of hydrogen-bond acceptors (Lipinski definition) is 6. The van der Waals surface area contributed by atoms with E-state index in [1.165, 1.54) is 4.88 Å². The largest absolute Gasteiger partial charge is 0.340 e. The third kappa shape index (κ3) is 4.65. The molecule has 2 aliphatic heterocycles. The van der Waals surface area contributed by atoms with Crippen molar-refractivity contribution in [2.45, 2.75) is 19.3 Å². The molecular formula is C20H27N5OS. The Hall–Kier alpha value is -1.99. The Morgan fingerprint density at radius 3 is 2.67 bits per heavy atom. The molecule has 1 amide bonds. The molecule has 2 fully saturated rings. The van der Waals surface area contributed by atoms with Crippen LogP contribution in [0.4, 0.5) is 5.95 Å². The molecule has 144 valence electrons. The summed E-state index contributed by atoms with van der Waals surface area (Å²) in [6.07, 6.45) is 6.64. The highest BCUT2D eigenvalue weighted by atomic mass is 32.1. The van der Waals surface area contributed by atoms with Gasteiger partial charge >= 0.3 is 0 Å². The van der Waals surface area contributed by atoms with Crippen LogP contribution in [0.2, 0.25) is 0 Å². The van der Waals surface area contributed by atoms with Crippen LogP contribution < -0.4 is 4.90 Å². The minimum atomic E-state index is 0.0697. The number of carbonyl (C=O) groups excluding carboxylic acids is 1. The van der Waals surface area contributed by atoms with Crippen LogP contribution >= 0.6 is 11.3 Å². The number of piperidine rings is 1. The summed E-state index contributed by atoms with van der Waals surface area (Å²) in [7, 11) is 0. The Bertz CT molecular complexity index is 715. The van der Waals surface area contributed by atoms with Gasteiger partial charge in [-0.15, -0.1) is 11.3 Å². The molecule has 0 aliphatic carbocycles. The van der Waals surface area contributed by atoms with E-state index in [0.717, 1.165) is 71.0 Å². The lowest BCUT2D eigenvalue weighted by Gasteiger charge is -2.39. The lowest BCUT2D eigenvalue weighted by molar-refractivity contribution is -0.137. The van der Waals surface area contributed by atoms with Crippen molar-refractivity contribution in [1.82, 2.24) is 19.8 Å². The van der Waals surface area contributed by atoms with Crippen LogP contribution in [-0.2, 0) is 11.2 Å². The van der Waals surface area contributed by atoms with Gasteiger partial charge in [-0.2, -0.15) is 0 Å². The average molecular weight is 386 g/mol. The van der Waals surface area contributed by atoms with Crippen molar-refractivity contribution in [3.05, 3.63) is 40.8 Å². The monoisotopic (exact) mass is 385 g/mol. The molecule has 0 N–H and O–H groups in total. The molecule has 2 aromatic rings. The number of nitrogens with zero attached hydrogens (tertiary/aromatic N) is 5. The minimum absolute atomic E-state index is 0.0697. The highest BCUT2D eigenvalue weighted by Gasteiger charge is 2.31. The molecule has 0 saturated carbocycles. The highest BCUT2D eigenvalue weighted by Crippen LogP contribution is 2.22. The van der Waals surface area contributed by atoms with E-state index >= 15 is 0 Å². The van der Waals surface area contributed by atoms with Crippen molar-refractivity contribution in [3.8, 4) is 0 Å². The molecule has 0 radical (unpaired) electrons. The van der Waals surface area contributed by atoms with Crippen molar-refractivity contribution in [3.63, 3.8) is 0 Å². The second kappa shape index (κ2) is 8.80. The number of hydrogen-bond donors (Lipinski definition) is 0. The van der Waals surface area contributed by atoms with E-state index in [2.05, 4.69) is 42.2 Å². The summed E-state index contributed by atoms with van der Waals surface area (Å²) in [6.45, 7) is 6.42. The molecule has 27 heavy (non-hydrogen) atoms. The lowest BCUT2D eigenvalue weighted by Crippen LogP contribution is -2.52. The molecule has 1 unspecified atom stereocenters. The summed E-state index contributed by atoms with van der Waals surface area (Å²) >= 11 is 1.83. The molecular weight excluding hydrogens is 358 g/mol. The van der Waals surface area contributed by atoms with Crippen LogP contribution in [0.5, 0.6) is 0 Å².